The van der Waals surface area contributed by atoms with Crippen LogP contribution in [0.5, 0.6) is 0 Å². The molecule has 6 rings (SSSR count). The van der Waals surface area contributed by atoms with Gasteiger partial charge in [0.25, 0.3) is 0 Å². The average molecular weight is 348 g/mol. The normalized spacial score (nSPS) is 12.2. The molecule has 3 aromatic heterocycles. The number of nitrogens with zero attached hydrogens (tertiary/aromatic N) is 5. The Kier molecular flexibility index (Phi) is 2.46. The first-order valence-electron chi connectivity index (χ1n) is 8.41. The molecule has 5 aromatic rings. The van der Waals surface area contributed by atoms with Crippen LogP contribution >= 0.6 is 0 Å². The van der Waals surface area contributed by atoms with Crippen molar-refractivity contribution in [3.63, 3.8) is 0 Å². The van der Waals surface area contributed by atoms with E-state index in [0.29, 0.717) is 23.6 Å². The number of hydrogen-bond donors (Lipinski definition) is 0. The van der Waals surface area contributed by atoms with E-state index in [0.717, 1.165) is 32.9 Å². The third-order valence-corrected chi connectivity index (χ3v) is 5.12. The van der Waals surface area contributed by atoms with Gasteiger partial charge in [0.15, 0.2) is 12.2 Å². The van der Waals surface area contributed by atoms with Gasteiger partial charge < -0.3 is 4.42 Å². The lowest BCUT2D eigenvalue weighted by Gasteiger charge is -2.01. The van der Waals surface area contributed by atoms with Crippen LogP contribution in [-0.2, 0) is 6.54 Å². The van der Waals surface area contributed by atoms with Crippen molar-refractivity contribution in [2.45, 2.75) is 6.54 Å². The highest BCUT2D eigenvalue weighted by atomic mass is 16.3. The second-order valence-corrected chi connectivity index (χ2v) is 6.60. The summed E-state index contributed by atoms with van der Waals surface area (Å²) in [5, 5.41) is 2.95. The van der Waals surface area contributed by atoms with Crippen molar-refractivity contribution in [2.24, 2.45) is 0 Å². The van der Waals surface area contributed by atoms with E-state index >= 15 is 0 Å². The molecule has 0 unspecified atom stereocenters. The molecular weight excluding hydrogens is 338 g/mol. The number of hydrogen-bond acceptors (Lipinski definition) is 2. The molecule has 0 N–H and O–H groups in total. The summed E-state index contributed by atoms with van der Waals surface area (Å²) in [7, 11) is 0. The van der Waals surface area contributed by atoms with Crippen LogP contribution in [0.2, 0.25) is 0 Å². The molecule has 4 heterocycles. The largest absolute Gasteiger partial charge is 0.438 e. The number of pyridine rings is 1. The third kappa shape index (κ3) is 1.71. The molecule has 6 heteroatoms. The second kappa shape index (κ2) is 4.72. The summed E-state index contributed by atoms with van der Waals surface area (Å²) in [5.41, 5.74) is 5.36. The summed E-state index contributed by atoms with van der Waals surface area (Å²) < 4.78 is 10.1. The van der Waals surface area contributed by atoms with Crippen LogP contribution in [0.4, 0.5) is 11.4 Å². The first-order valence-corrected chi connectivity index (χ1v) is 8.41. The first-order chi connectivity index (χ1) is 13.3. The lowest BCUT2D eigenvalue weighted by Crippen LogP contribution is -2.36. The van der Waals surface area contributed by atoms with Gasteiger partial charge in [-0.1, -0.05) is 0 Å². The van der Waals surface area contributed by atoms with Crippen LogP contribution in [-0.4, -0.2) is 9.67 Å². The van der Waals surface area contributed by atoms with Gasteiger partial charge in [-0.05, 0) is 30.3 Å². The predicted molar refractivity (Wildman–Crippen MR) is 100 cm³/mol. The Balaban J connectivity index is 1.71. The molecular formula is C21H10N5O+. The topological polar surface area (TPSA) is 43.6 Å². The van der Waals surface area contributed by atoms with Gasteiger partial charge in [-0.2, -0.15) is 0 Å². The molecule has 0 fully saturated rings. The molecule has 6 nitrogen and oxygen atoms in total. The smallest absolute Gasteiger partial charge is 0.227 e. The molecule has 0 aliphatic carbocycles. The van der Waals surface area contributed by atoms with Crippen molar-refractivity contribution in [1.82, 2.24) is 9.67 Å². The summed E-state index contributed by atoms with van der Waals surface area (Å²) in [6.45, 7) is 15.5. The number of aromatic nitrogens is 3. The van der Waals surface area contributed by atoms with E-state index in [1.807, 2.05) is 35.1 Å². The third-order valence-electron chi connectivity index (χ3n) is 5.12. The molecule has 0 saturated heterocycles. The van der Waals surface area contributed by atoms with Gasteiger partial charge in [0, 0.05) is 34.0 Å². The minimum atomic E-state index is 0.483. The lowest BCUT2D eigenvalue weighted by atomic mass is 10.1. The van der Waals surface area contributed by atoms with Gasteiger partial charge in [-0.3, -0.25) is 0 Å². The fraction of sp³-hybridized carbons (Fsp3) is 0.0476. The van der Waals surface area contributed by atoms with Crippen LogP contribution in [0.1, 0.15) is 5.56 Å². The Morgan fingerprint density at radius 1 is 1.11 bits per heavy atom. The zero-order valence-electron chi connectivity index (χ0n) is 14.0. The van der Waals surface area contributed by atoms with Crippen molar-refractivity contribution < 1.29 is 9.10 Å². The molecule has 2 aromatic carbocycles. The Bertz CT molecular complexity index is 1520. The molecule has 0 bridgehead atoms. The molecule has 0 atom stereocenters. The molecule has 124 valence electrons. The average Bonchev–Trinajstić information content (AvgIpc) is 3.33. The highest BCUT2D eigenvalue weighted by molar-refractivity contribution is 6.05. The Morgan fingerprint density at radius 3 is 2.89 bits per heavy atom. The van der Waals surface area contributed by atoms with Crippen LogP contribution in [0.3, 0.4) is 0 Å². The lowest BCUT2D eigenvalue weighted by molar-refractivity contribution is -0.749. The summed E-state index contributed by atoms with van der Waals surface area (Å²) >= 11 is 0. The number of rotatable bonds is 0. The number of benzene rings is 2. The molecule has 1 aliphatic rings. The summed E-state index contributed by atoms with van der Waals surface area (Å²) in [6.07, 6.45) is 3.73. The fourth-order valence-electron chi connectivity index (χ4n) is 4.02. The van der Waals surface area contributed by atoms with E-state index in [4.69, 9.17) is 17.6 Å². The fourth-order valence-corrected chi connectivity index (χ4v) is 4.02. The Hall–Kier alpha value is -4.16. The van der Waals surface area contributed by atoms with E-state index in [9.17, 15) is 0 Å². The van der Waals surface area contributed by atoms with Crippen LogP contribution in [0.25, 0.3) is 48.3 Å². The molecule has 0 spiro atoms. The van der Waals surface area contributed by atoms with E-state index < -0.39 is 0 Å². The Morgan fingerprint density at radius 2 is 2.04 bits per heavy atom. The van der Waals surface area contributed by atoms with Gasteiger partial charge in [0.1, 0.15) is 16.8 Å². The molecule has 1 aliphatic heterocycles. The van der Waals surface area contributed by atoms with Crippen molar-refractivity contribution in [3.05, 3.63) is 77.2 Å². The predicted octanol–water partition coefficient (Wildman–Crippen LogP) is 4.68. The number of fused-ring (bicyclic) bond motifs is 8. The van der Waals surface area contributed by atoms with E-state index in [1.54, 1.807) is 12.3 Å². The van der Waals surface area contributed by atoms with Gasteiger partial charge in [0.05, 0.1) is 13.1 Å². The minimum absolute atomic E-state index is 0.483. The molecule has 0 radical (unpaired) electrons. The maximum absolute atomic E-state index is 7.56. The van der Waals surface area contributed by atoms with Crippen LogP contribution < -0.4 is 4.68 Å². The molecule has 0 amide bonds. The maximum atomic E-state index is 7.56. The quantitative estimate of drug-likeness (QED) is 0.296. The summed E-state index contributed by atoms with van der Waals surface area (Å²) in [4.78, 5) is 11.5. The SMILES string of the molecule is [C-]#[N+]c1cc([N+]#[C-])c2c(c1)c[n+]1n2-c2cc3oc4ncccc4c3cc2C1. The van der Waals surface area contributed by atoms with E-state index in [2.05, 4.69) is 25.4 Å². The monoisotopic (exact) mass is 348 g/mol. The van der Waals surface area contributed by atoms with Crippen molar-refractivity contribution >= 4 is 44.3 Å². The Labute approximate surface area is 153 Å². The standard InChI is InChI=1S/C21H10N5O/c1-22-14-6-13-11-25-10-12-7-16-15-4-3-5-24-21(15)27-19(16)9-18(12)26(25)20(13)17(8-14)23-2/h3-9,11H,10H2/q+1. The highest BCUT2D eigenvalue weighted by Crippen LogP contribution is 2.37. The van der Waals surface area contributed by atoms with E-state index in [-0.39, 0.29) is 0 Å². The van der Waals surface area contributed by atoms with Crippen molar-refractivity contribution in [3.8, 4) is 5.69 Å². The summed E-state index contributed by atoms with van der Waals surface area (Å²) in [6, 6.07) is 11.6. The van der Waals surface area contributed by atoms with Gasteiger partial charge in [-0.15, -0.1) is 9.36 Å². The summed E-state index contributed by atoms with van der Waals surface area (Å²) in [5.74, 6) is 0. The zero-order valence-corrected chi connectivity index (χ0v) is 14.0. The zero-order chi connectivity index (χ0) is 18.1. The van der Waals surface area contributed by atoms with E-state index in [1.165, 1.54) is 5.56 Å². The van der Waals surface area contributed by atoms with Crippen molar-refractivity contribution in [2.75, 3.05) is 0 Å². The van der Waals surface area contributed by atoms with Gasteiger partial charge >= 0.3 is 0 Å². The highest BCUT2D eigenvalue weighted by Gasteiger charge is 2.31. The van der Waals surface area contributed by atoms with Gasteiger partial charge in [-0.25, -0.2) is 14.7 Å². The van der Waals surface area contributed by atoms with Crippen LogP contribution in [0, 0.1) is 13.1 Å². The van der Waals surface area contributed by atoms with Crippen molar-refractivity contribution in [1.29, 1.82) is 0 Å². The number of furan rings is 1. The maximum Gasteiger partial charge on any atom is 0.227 e. The van der Waals surface area contributed by atoms with Gasteiger partial charge in [0.2, 0.25) is 17.6 Å². The minimum Gasteiger partial charge on any atom is -0.438 e. The molecule has 0 saturated carbocycles. The molecule has 27 heavy (non-hydrogen) atoms. The second-order valence-electron chi connectivity index (χ2n) is 6.60. The first kappa shape index (κ1) is 14.1. The van der Waals surface area contributed by atoms with Crippen LogP contribution in [0.15, 0.2) is 53.2 Å².